The molecule has 8 heteroatoms. The molecule has 0 heterocycles. The Labute approximate surface area is 165 Å². The van der Waals surface area contributed by atoms with Gasteiger partial charge in [-0.25, -0.2) is 17.9 Å². The lowest BCUT2D eigenvalue weighted by Crippen LogP contribution is -2.31. The molecular weight excluding hydrogens is 388 g/mol. The van der Waals surface area contributed by atoms with Crippen molar-refractivity contribution in [2.75, 3.05) is 12.3 Å². The van der Waals surface area contributed by atoms with Gasteiger partial charge in [0.25, 0.3) is 0 Å². The van der Waals surface area contributed by atoms with E-state index in [9.17, 15) is 13.2 Å². The summed E-state index contributed by atoms with van der Waals surface area (Å²) in [6.07, 6.45) is 2.52. The van der Waals surface area contributed by atoms with Gasteiger partial charge in [0.05, 0.1) is 17.1 Å². The molecule has 0 saturated carbocycles. The lowest BCUT2D eigenvalue weighted by atomic mass is 9.88. The first-order valence-corrected chi connectivity index (χ1v) is 10.1. The van der Waals surface area contributed by atoms with Gasteiger partial charge in [-0.2, -0.15) is 0 Å². The predicted octanol–water partition coefficient (Wildman–Crippen LogP) is 3.22. The number of rotatable bonds is 5. The molecule has 1 aliphatic carbocycles. The number of halogens is 1. The zero-order valence-electron chi connectivity index (χ0n) is 15.0. The van der Waals surface area contributed by atoms with Crippen molar-refractivity contribution in [2.45, 2.75) is 37.1 Å². The van der Waals surface area contributed by atoms with Gasteiger partial charge in [0.1, 0.15) is 0 Å². The number of ether oxygens (including phenoxy) is 1. The highest BCUT2D eigenvalue weighted by Crippen LogP contribution is 2.32. The molecule has 0 fully saturated rings. The van der Waals surface area contributed by atoms with Crippen molar-refractivity contribution in [2.24, 2.45) is 0 Å². The van der Waals surface area contributed by atoms with Crippen LogP contribution in [0.15, 0.2) is 47.4 Å². The minimum absolute atomic E-state index is 0. The van der Waals surface area contributed by atoms with E-state index in [-0.39, 0.29) is 30.0 Å². The van der Waals surface area contributed by atoms with Crippen LogP contribution in [0.25, 0.3) is 0 Å². The number of carbonyl (C=O) groups excluding carboxylic acids is 1. The molecule has 2 aromatic rings. The Balaban J connectivity index is 0.00000261. The normalized spacial score (nSPS) is 16.1. The molecule has 0 bridgehead atoms. The van der Waals surface area contributed by atoms with Crippen LogP contribution in [0.4, 0.5) is 5.69 Å². The highest BCUT2D eigenvalue weighted by atomic mass is 35.5. The zero-order chi connectivity index (χ0) is 18.7. The molecule has 0 aromatic heterocycles. The van der Waals surface area contributed by atoms with Crippen molar-refractivity contribution < 1.29 is 17.9 Å². The van der Waals surface area contributed by atoms with Crippen molar-refractivity contribution in [1.29, 1.82) is 0 Å². The molecule has 3 N–H and O–H groups in total. The first-order chi connectivity index (χ1) is 12.4. The average molecular weight is 411 g/mol. The van der Waals surface area contributed by atoms with Gasteiger partial charge in [-0.1, -0.05) is 6.07 Å². The SMILES string of the molecule is CCOC(=O)c1ccc(S(=O)(=O)NC2CCCc3cc(N)ccc32)cc1.Cl. The van der Waals surface area contributed by atoms with Crippen LogP contribution in [-0.2, 0) is 21.2 Å². The van der Waals surface area contributed by atoms with Gasteiger partial charge >= 0.3 is 5.97 Å². The number of aryl methyl sites for hydroxylation is 1. The topological polar surface area (TPSA) is 98.5 Å². The number of hydrogen-bond donors (Lipinski definition) is 2. The fourth-order valence-electron chi connectivity index (χ4n) is 3.20. The second kappa shape index (κ2) is 8.73. The van der Waals surface area contributed by atoms with Crippen LogP contribution in [0.2, 0.25) is 0 Å². The van der Waals surface area contributed by atoms with E-state index in [1.54, 1.807) is 13.0 Å². The molecule has 1 atom stereocenters. The van der Waals surface area contributed by atoms with Crippen molar-refractivity contribution in [1.82, 2.24) is 4.72 Å². The molecule has 3 rings (SSSR count). The zero-order valence-corrected chi connectivity index (χ0v) is 16.6. The molecule has 0 saturated heterocycles. The number of sulfonamides is 1. The van der Waals surface area contributed by atoms with Crippen LogP contribution >= 0.6 is 12.4 Å². The summed E-state index contributed by atoms with van der Waals surface area (Å²) in [6.45, 7) is 1.99. The van der Waals surface area contributed by atoms with E-state index in [2.05, 4.69) is 4.72 Å². The molecule has 2 aromatic carbocycles. The van der Waals surface area contributed by atoms with Gasteiger partial charge in [0.2, 0.25) is 10.0 Å². The van der Waals surface area contributed by atoms with Crippen molar-refractivity contribution in [3.05, 3.63) is 59.2 Å². The standard InChI is InChI=1S/C19H22N2O4S.ClH/c1-2-25-19(22)13-6-9-16(10-7-13)26(23,24)21-18-5-3-4-14-12-15(20)8-11-17(14)18;/h6-12,18,21H,2-5,20H2,1H3;1H. The number of benzene rings is 2. The fraction of sp³-hybridized carbons (Fsp3) is 0.316. The summed E-state index contributed by atoms with van der Waals surface area (Å²) in [5.74, 6) is -0.469. The largest absolute Gasteiger partial charge is 0.462 e. The lowest BCUT2D eigenvalue weighted by molar-refractivity contribution is 0.0526. The minimum Gasteiger partial charge on any atom is -0.462 e. The van der Waals surface area contributed by atoms with Crippen LogP contribution in [0.1, 0.15) is 47.3 Å². The summed E-state index contributed by atoms with van der Waals surface area (Å²) in [6, 6.07) is 11.1. The molecule has 0 radical (unpaired) electrons. The number of esters is 1. The maximum atomic E-state index is 12.7. The monoisotopic (exact) mass is 410 g/mol. The number of nitrogens with two attached hydrogens (primary N) is 1. The van der Waals surface area contributed by atoms with E-state index in [4.69, 9.17) is 10.5 Å². The van der Waals surface area contributed by atoms with E-state index in [0.29, 0.717) is 11.3 Å². The molecule has 0 aliphatic heterocycles. The first-order valence-electron chi connectivity index (χ1n) is 8.58. The number of nitrogens with one attached hydrogen (secondary N) is 1. The number of carbonyl (C=O) groups is 1. The number of anilines is 1. The van der Waals surface area contributed by atoms with E-state index in [1.165, 1.54) is 24.3 Å². The Kier molecular flexibility index (Phi) is 6.86. The maximum Gasteiger partial charge on any atom is 0.338 e. The third-order valence-corrected chi connectivity index (χ3v) is 5.94. The van der Waals surface area contributed by atoms with Crippen LogP contribution in [0.5, 0.6) is 0 Å². The van der Waals surface area contributed by atoms with Gasteiger partial charge in [-0.15, -0.1) is 12.4 Å². The summed E-state index contributed by atoms with van der Waals surface area (Å²) in [7, 11) is -3.70. The highest BCUT2D eigenvalue weighted by Gasteiger charge is 2.26. The smallest absolute Gasteiger partial charge is 0.338 e. The van der Waals surface area contributed by atoms with E-state index in [1.807, 2.05) is 12.1 Å². The Morgan fingerprint density at radius 1 is 1.22 bits per heavy atom. The second-order valence-electron chi connectivity index (χ2n) is 6.27. The quantitative estimate of drug-likeness (QED) is 0.582. The summed E-state index contributed by atoms with van der Waals surface area (Å²) < 4.78 is 33.1. The third kappa shape index (κ3) is 4.80. The third-order valence-electron chi connectivity index (χ3n) is 4.45. The van der Waals surface area contributed by atoms with Gasteiger partial charge in [-0.3, -0.25) is 0 Å². The summed E-state index contributed by atoms with van der Waals surface area (Å²) >= 11 is 0. The first kappa shape index (κ1) is 21.2. The molecule has 146 valence electrons. The van der Waals surface area contributed by atoms with Gasteiger partial charge < -0.3 is 10.5 Å². The minimum atomic E-state index is -3.70. The van der Waals surface area contributed by atoms with Crippen LogP contribution < -0.4 is 10.5 Å². The van der Waals surface area contributed by atoms with E-state index >= 15 is 0 Å². The van der Waals surface area contributed by atoms with Gasteiger partial charge in [-0.05, 0) is 73.7 Å². The number of nitrogen functional groups attached to an aromatic ring is 1. The van der Waals surface area contributed by atoms with E-state index in [0.717, 1.165) is 30.4 Å². The molecular formula is C19H23ClN2O4S. The van der Waals surface area contributed by atoms with Crippen molar-refractivity contribution >= 4 is 34.1 Å². The van der Waals surface area contributed by atoms with E-state index < -0.39 is 16.0 Å². The molecule has 0 amide bonds. The Morgan fingerprint density at radius 2 is 1.93 bits per heavy atom. The van der Waals surface area contributed by atoms with Crippen LogP contribution in [0.3, 0.4) is 0 Å². The summed E-state index contributed by atoms with van der Waals surface area (Å²) in [4.78, 5) is 11.8. The van der Waals surface area contributed by atoms with Crippen LogP contribution in [0, 0.1) is 0 Å². The Morgan fingerprint density at radius 3 is 2.59 bits per heavy atom. The number of fused-ring (bicyclic) bond motifs is 1. The summed E-state index contributed by atoms with van der Waals surface area (Å²) in [5.41, 5.74) is 8.89. The molecule has 0 spiro atoms. The van der Waals surface area contributed by atoms with Crippen LogP contribution in [-0.4, -0.2) is 21.0 Å². The number of hydrogen-bond acceptors (Lipinski definition) is 5. The van der Waals surface area contributed by atoms with Crippen molar-refractivity contribution in [3.8, 4) is 0 Å². The van der Waals surface area contributed by atoms with Gasteiger partial charge in [0.15, 0.2) is 0 Å². The average Bonchev–Trinajstić information content (AvgIpc) is 2.62. The van der Waals surface area contributed by atoms with Crippen molar-refractivity contribution in [3.63, 3.8) is 0 Å². The summed E-state index contributed by atoms with van der Waals surface area (Å²) in [5, 5.41) is 0. The second-order valence-corrected chi connectivity index (χ2v) is 7.98. The Bertz CT molecular complexity index is 914. The predicted molar refractivity (Wildman–Crippen MR) is 107 cm³/mol. The molecule has 27 heavy (non-hydrogen) atoms. The molecule has 1 unspecified atom stereocenters. The molecule has 6 nitrogen and oxygen atoms in total. The highest BCUT2D eigenvalue weighted by molar-refractivity contribution is 7.89. The molecule has 1 aliphatic rings. The fourth-order valence-corrected chi connectivity index (χ4v) is 4.45. The maximum absolute atomic E-state index is 12.7. The van der Waals surface area contributed by atoms with Gasteiger partial charge in [0, 0.05) is 11.7 Å². The lowest BCUT2D eigenvalue weighted by Gasteiger charge is -2.26. The Hall–Kier alpha value is -2.09.